The van der Waals surface area contributed by atoms with Gasteiger partial charge in [0.2, 0.25) is 0 Å². The summed E-state index contributed by atoms with van der Waals surface area (Å²) in [6.07, 6.45) is 5.90. The van der Waals surface area contributed by atoms with E-state index in [2.05, 4.69) is 15.2 Å². The molecule has 3 aromatic rings. The number of likely N-dealkylation sites (tertiary alicyclic amines) is 1. The second-order valence-corrected chi connectivity index (χ2v) is 9.00. The van der Waals surface area contributed by atoms with Crippen molar-refractivity contribution in [3.05, 3.63) is 60.0 Å². The number of aromatic nitrogens is 3. The van der Waals surface area contributed by atoms with Crippen LogP contribution in [-0.2, 0) is 0 Å². The van der Waals surface area contributed by atoms with E-state index in [1.807, 2.05) is 35.2 Å². The molecule has 34 heavy (non-hydrogen) atoms. The normalized spacial score (nSPS) is 16.3. The van der Waals surface area contributed by atoms with Gasteiger partial charge in [-0.3, -0.25) is 9.78 Å². The Kier molecular flexibility index (Phi) is 6.29. The summed E-state index contributed by atoms with van der Waals surface area (Å²) in [4.78, 5) is 19.4. The number of hydrogen-bond acceptors (Lipinski definition) is 7. The monoisotopic (exact) mass is 459 g/mol. The SMILES string of the molecule is COc1cc(C(=O)N2CCC(c3ccc(N)nn3)CC2)ncc1-c1ccc(OCC2CC2)cc1. The summed E-state index contributed by atoms with van der Waals surface area (Å²) in [5.41, 5.74) is 8.75. The van der Waals surface area contributed by atoms with Crippen LogP contribution in [0.1, 0.15) is 47.8 Å². The third-order valence-electron chi connectivity index (χ3n) is 6.56. The summed E-state index contributed by atoms with van der Waals surface area (Å²) in [6.45, 7) is 2.07. The maximum absolute atomic E-state index is 13.1. The van der Waals surface area contributed by atoms with Crippen molar-refractivity contribution in [2.75, 3.05) is 32.5 Å². The van der Waals surface area contributed by atoms with E-state index < -0.39 is 0 Å². The molecule has 0 radical (unpaired) electrons. The number of pyridine rings is 1. The molecule has 8 heteroatoms. The lowest BCUT2D eigenvalue weighted by molar-refractivity contribution is 0.0705. The summed E-state index contributed by atoms with van der Waals surface area (Å²) < 4.78 is 11.4. The van der Waals surface area contributed by atoms with E-state index in [-0.39, 0.29) is 11.8 Å². The van der Waals surface area contributed by atoms with Gasteiger partial charge in [0.15, 0.2) is 0 Å². The highest BCUT2D eigenvalue weighted by Crippen LogP contribution is 2.33. The third-order valence-corrected chi connectivity index (χ3v) is 6.56. The molecule has 2 fully saturated rings. The number of nitrogen functional groups attached to an aromatic ring is 1. The first-order chi connectivity index (χ1) is 16.6. The van der Waals surface area contributed by atoms with Gasteiger partial charge in [-0.25, -0.2) is 0 Å². The highest BCUT2D eigenvalue weighted by atomic mass is 16.5. The van der Waals surface area contributed by atoms with Crippen LogP contribution in [-0.4, -0.2) is 52.8 Å². The average Bonchev–Trinajstić information content (AvgIpc) is 3.72. The number of hydrogen-bond donors (Lipinski definition) is 1. The van der Waals surface area contributed by atoms with E-state index in [0.717, 1.165) is 42.0 Å². The Hall–Kier alpha value is -3.68. The predicted octanol–water partition coefficient (Wildman–Crippen LogP) is 3.94. The molecule has 1 amide bonds. The molecule has 0 atom stereocenters. The van der Waals surface area contributed by atoms with Crippen LogP contribution in [0.25, 0.3) is 11.1 Å². The molecule has 1 aromatic carbocycles. The lowest BCUT2D eigenvalue weighted by Crippen LogP contribution is -2.38. The van der Waals surface area contributed by atoms with Gasteiger partial charge in [0.05, 0.1) is 19.4 Å². The molecule has 0 bridgehead atoms. The van der Waals surface area contributed by atoms with Crippen molar-refractivity contribution in [2.45, 2.75) is 31.6 Å². The zero-order valence-corrected chi connectivity index (χ0v) is 19.3. The van der Waals surface area contributed by atoms with Crippen LogP contribution in [0.3, 0.4) is 0 Å². The number of carbonyl (C=O) groups excluding carboxylic acids is 1. The smallest absolute Gasteiger partial charge is 0.272 e. The minimum Gasteiger partial charge on any atom is -0.496 e. The molecule has 3 heterocycles. The fourth-order valence-corrected chi connectivity index (χ4v) is 4.28. The van der Waals surface area contributed by atoms with Crippen molar-refractivity contribution < 1.29 is 14.3 Å². The molecule has 0 spiro atoms. The zero-order valence-electron chi connectivity index (χ0n) is 19.3. The number of nitrogens with zero attached hydrogens (tertiary/aromatic N) is 4. The van der Waals surface area contributed by atoms with Crippen LogP contribution >= 0.6 is 0 Å². The predicted molar refractivity (Wildman–Crippen MR) is 129 cm³/mol. The molecule has 1 saturated carbocycles. The van der Waals surface area contributed by atoms with E-state index in [0.29, 0.717) is 36.3 Å². The first-order valence-electron chi connectivity index (χ1n) is 11.8. The average molecular weight is 460 g/mol. The van der Waals surface area contributed by atoms with Crippen molar-refractivity contribution >= 4 is 11.7 Å². The van der Waals surface area contributed by atoms with Crippen molar-refractivity contribution in [2.24, 2.45) is 5.92 Å². The molecule has 0 unspecified atom stereocenters. The summed E-state index contributed by atoms with van der Waals surface area (Å²) in [6, 6.07) is 13.3. The highest BCUT2D eigenvalue weighted by Gasteiger charge is 2.27. The van der Waals surface area contributed by atoms with Gasteiger partial charge in [-0.1, -0.05) is 12.1 Å². The van der Waals surface area contributed by atoms with Gasteiger partial charge in [-0.05, 0) is 61.4 Å². The van der Waals surface area contributed by atoms with E-state index in [1.165, 1.54) is 12.8 Å². The maximum Gasteiger partial charge on any atom is 0.272 e. The fourth-order valence-electron chi connectivity index (χ4n) is 4.28. The van der Waals surface area contributed by atoms with Gasteiger partial charge in [-0.15, -0.1) is 5.10 Å². The molecule has 1 aliphatic heterocycles. The summed E-state index contributed by atoms with van der Waals surface area (Å²) >= 11 is 0. The second kappa shape index (κ2) is 9.67. The van der Waals surface area contributed by atoms with Crippen molar-refractivity contribution in [1.82, 2.24) is 20.1 Å². The fraction of sp³-hybridized carbons (Fsp3) is 0.385. The lowest BCUT2D eigenvalue weighted by Gasteiger charge is -2.31. The molecule has 2 N–H and O–H groups in total. The van der Waals surface area contributed by atoms with Gasteiger partial charge in [0.25, 0.3) is 5.91 Å². The number of nitrogens with two attached hydrogens (primary N) is 1. The van der Waals surface area contributed by atoms with Crippen LogP contribution in [0, 0.1) is 5.92 Å². The first kappa shape index (κ1) is 22.1. The Morgan fingerprint density at radius 3 is 2.47 bits per heavy atom. The van der Waals surface area contributed by atoms with Gasteiger partial charge < -0.3 is 20.1 Å². The standard InChI is InChI=1S/C26H29N5O3/c1-33-24-14-23(26(32)31-12-10-19(11-13-31)22-8-9-25(27)30-29-22)28-15-21(24)18-4-6-20(7-5-18)34-16-17-2-3-17/h4-9,14-15,17,19H,2-3,10-13,16H2,1H3,(H2,27,30). The minimum atomic E-state index is -0.0875. The number of amides is 1. The summed E-state index contributed by atoms with van der Waals surface area (Å²) in [5.74, 6) is 2.80. The van der Waals surface area contributed by atoms with Crippen molar-refractivity contribution in [3.8, 4) is 22.6 Å². The zero-order chi connectivity index (χ0) is 23.5. The number of piperidine rings is 1. The summed E-state index contributed by atoms with van der Waals surface area (Å²) in [7, 11) is 1.61. The number of methoxy groups -OCH3 is 1. The van der Waals surface area contributed by atoms with Crippen molar-refractivity contribution in [3.63, 3.8) is 0 Å². The van der Waals surface area contributed by atoms with Gasteiger partial charge in [-0.2, -0.15) is 5.10 Å². The van der Waals surface area contributed by atoms with E-state index in [9.17, 15) is 4.79 Å². The molecule has 176 valence electrons. The number of carbonyl (C=O) groups is 1. The Balaban J connectivity index is 1.24. The number of benzene rings is 1. The third kappa shape index (κ3) is 4.95. The van der Waals surface area contributed by atoms with Gasteiger partial charge >= 0.3 is 0 Å². The Morgan fingerprint density at radius 1 is 1.06 bits per heavy atom. The quantitative estimate of drug-likeness (QED) is 0.571. The molecule has 1 aliphatic carbocycles. The minimum absolute atomic E-state index is 0.0875. The van der Waals surface area contributed by atoms with E-state index >= 15 is 0 Å². The molecule has 1 saturated heterocycles. The van der Waals surface area contributed by atoms with E-state index in [1.54, 1.807) is 25.4 Å². The molecule has 2 aromatic heterocycles. The number of ether oxygens (including phenoxy) is 2. The highest BCUT2D eigenvalue weighted by molar-refractivity contribution is 5.93. The Bertz CT molecular complexity index is 1140. The van der Waals surface area contributed by atoms with Crippen LogP contribution < -0.4 is 15.2 Å². The van der Waals surface area contributed by atoms with Crippen LogP contribution in [0.5, 0.6) is 11.5 Å². The van der Waals surface area contributed by atoms with Gasteiger partial charge in [0.1, 0.15) is 23.0 Å². The molecule has 5 rings (SSSR count). The van der Waals surface area contributed by atoms with Gasteiger partial charge in [0, 0.05) is 36.8 Å². The van der Waals surface area contributed by atoms with Crippen LogP contribution in [0.4, 0.5) is 5.82 Å². The molecule has 2 aliphatic rings. The Morgan fingerprint density at radius 2 is 1.82 bits per heavy atom. The van der Waals surface area contributed by atoms with Crippen LogP contribution in [0.15, 0.2) is 48.7 Å². The number of anilines is 1. The first-order valence-corrected chi connectivity index (χ1v) is 11.8. The topological polar surface area (TPSA) is 103 Å². The lowest BCUT2D eigenvalue weighted by atomic mass is 9.93. The molecule has 8 nitrogen and oxygen atoms in total. The van der Waals surface area contributed by atoms with Crippen molar-refractivity contribution in [1.29, 1.82) is 0 Å². The van der Waals surface area contributed by atoms with Crippen LogP contribution in [0.2, 0.25) is 0 Å². The maximum atomic E-state index is 13.1. The van der Waals surface area contributed by atoms with E-state index in [4.69, 9.17) is 15.2 Å². The summed E-state index contributed by atoms with van der Waals surface area (Å²) in [5, 5.41) is 8.15. The number of rotatable bonds is 7. The Labute approximate surface area is 199 Å². The molecular formula is C26H29N5O3. The molecular weight excluding hydrogens is 430 g/mol. The largest absolute Gasteiger partial charge is 0.496 e. The second-order valence-electron chi connectivity index (χ2n) is 9.00.